The number of nitrogens with zero attached hydrogens (tertiary/aromatic N) is 2. The molecule has 0 saturated carbocycles. The summed E-state index contributed by atoms with van der Waals surface area (Å²) in [4.78, 5) is 28.2. The van der Waals surface area contributed by atoms with Gasteiger partial charge in [0.2, 0.25) is 5.91 Å². The Balaban J connectivity index is 1.82. The molecule has 0 radical (unpaired) electrons. The van der Waals surface area contributed by atoms with Crippen molar-refractivity contribution >= 4 is 29.1 Å². The highest BCUT2D eigenvalue weighted by Gasteiger charge is 2.17. The number of fused-ring (bicyclic) bond motifs is 1. The number of Topliss-reactive ketones (excluding diaryl/α,β-unsaturated/α-hetero) is 1. The van der Waals surface area contributed by atoms with Crippen LogP contribution in [0.25, 0.3) is 0 Å². The van der Waals surface area contributed by atoms with Crippen LogP contribution in [0.3, 0.4) is 0 Å². The molecule has 0 unspecified atom stereocenters. The van der Waals surface area contributed by atoms with Crippen molar-refractivity contribution in [3.63, 3.8) is 0 Å². The zero-order valence-corrected chi connectivity index (χ0v) is 13.4. The number of thioether (sulfide) groups is 1. The summed E-state index contributed by atoms with van der Waals surface area (Å²) in [5.74, 6) is 0.0810. The highest BCUT2D eigenvalue weighted by molar-refractivity contribution is 7.98. The third-order valence-corrected chi connectivity index (χ3v) is 4.37. The second-order valence-electron chi connectivity index (χ2n) is 5.34. The molecule has 0 spiro atoms. The lowest BCUT2D eigenvalue weighted by atomic mass is 9.99. The highest BCUT2D eigenvalue weighted by atomic mass is 32.2. The summed E-state index contributed by atoms with van der Waals surface area (Å²) in [6.07, 6.45) is 5.00. The van der Waals surface area contributed by atoms with Gasteiger partial charge < -0.3 is 9.88 Å². The number of carbonyl (C=O) groups excluding carboxylic acids is 2. The molecule has 114 valence electrons. The quantitative estimate of drug-likeness (QED) is 0.696. The monoisotopic (exact) mass is 315 g/mol. The molecule has 0 atom stereocenters. The molecule has 3 rings (SSSR count). The van der Waals surface area contributed by atoms with Crippen molar-refractivity contribution in [3.8, 4) is 0 Å². The van der Waals surface area contributed by atoms with Crippen LogP contribution < -0.4 is 5.32 Å². The molecular formula is C16H17N3O2S. The number of imidazole rings is 1. The maximum atomic E-state index is 12.5. The average Bonchev–Trinajstić information content (AvgIpc) is 2.86. The highest BCUT2D eigenvalue weighted by Crippen LogP contribution is 2.24. The van der Waals surface area contributed by atoms with Crippen LogP contribution >= 0.6 is 11.8 Å². The van der Waals surface area contributed by atoms with Gasteiger partial charge in [0.25, 0.3) is 0 Å². The lowest BCUT2D eigenvalue weighted by molar-refractivity contribution is -0.116. The van der Waals surface area contributed by atoms with Crippen LogP contribution in [0.15, 0.2) is 29.6 Å². The minimum atomic E-state index is 0.0325. The lowest BCUT2D eigenvalue weighted by Gasteiger charge is -2.17. The van der Waals surface area contributed by atoms with E-state index < -0.39 is 0 Å². The Labute approximate surface area is 133 Å². The SMILES string of the molecule is CSc1nc(C)cn1CC(=O)c1ccc2c(c1)CCC(=O)N2. The Kier molecular flexibility index (Phi) is 4.02. The summed E-state index contributed by atoms with van der Waals surface area (Å²) in [6.45, 7) is 2.20. The van der Waals surface area contributed by atoms with Gasteiger partial charge in [-0.15, -0.1) is 0 Å². The molecule has 1 aliphatic rings. The van der Waals surface area contributed by atoms with Gasteiger partial charge in [-0.25, -0.2) is 4.98 Å². The summed E-state index contributed by atoms with van der Waals surface area (Å²) >= 11 is 1.53. The van der Waals surface area contributed by atoms with Gasteiger partial charge in [0.05, 0.1) is 12.2 Å². The molecule has 0 bridgehead atoms. The van der Waals surface area contributed by atoms with Crippen molar-refractivity contribution in [1.82, 2.24) is 9.55 Å². The summed E-state index contributed by atoms with van der Waals surface area (Å²) in [5.41, 5.74) is 3.42. The number of hydrogen-bond acceptors (Lipinski definition) is 4. The van der Waals surface area contributed by atoms with Crippen molar-refractivity contribution in [2.75, 3.05) is 11.6 Å². The summed E-state index contributed by atoms with van der Waals surface area (Å²) in [5, 5.41) is 3.67. The largest absolute Gasteiger partial charge is 0.326 e. The first-order chi connectivity index (χ1) is 10.6. The van der Waals surface area contributed by atoms with Crippen LogP contribution in [0, 0.1) is 6.92 Å². The van der Waals surface area contributed by atoms with Gasteiger partial charge in [0.1, 0.15) is 0 Å². The van der Waals surface area contributed by atoms with Gasteiger partial charge in [0.15, 0.2) is 10.9 Å². The van der Waals surface area contributed by atoms with E-state index in [4.69, 9.17) is 0 Å². The number of nitrogens with one attached hydrogen (secondary N) is 1. The van der Waals surface area contributed by atoms with Gasteiger partial charge in [-0.3, -0.25) is 9.59 Å². The smallest absolute Gasteiger partial charge is 0.224 e. The summed E-state index contributed by atoms with van der Waals surface area (Å²) in [6, 6.07) is 5.48. The normalized spacial score (nSPS) is 13.6. The molecule has 0 aliphatic carbocycles. The van der Waals surface area contributed by atoms with E-state index in [2.05, 4.69) is 10.3 Å². The minimum Gasteiger partial charge on any atom is -0.326 e. The van der Waals surface area contributed by atoms with E-state index in [1.54, 1.807) is 6.07 Å². The van der Waals surface area contributed by atoms with Crippen LogP contribution in [0.2, 0.25) is 0 Å². The molecule has 2 aromatic rings. The molecule has 5 nitrogen and oxygen atoms in total. The van der Waals surface area contributed by atoms with Crippen LogP contribution in [0.4, 0.5) is 5.69 Å². The van der Waals surface area contributed by atoms with Crippen LogP contribution in [-0.2, 0) is 17.8 Å². The Morgan fingerprint density at radius 1 is 1.41 bits per heavy atom. The second kappa shape index (κ2) is 5.96. The van der Waals surface area contributed by atoms with E-state index in [9.17, 15) is 9.59 Å². The predicted molar refractivity (Wildman–Crippen MR) is 86.5 cm³/mol. The number of hydrogen-bond donors (Lipinski definition) is 1. The molecule has 6 heteroatoms. The fourth-order valence-electron chi connectivity index (χ4n) is 2.60. The number of aryl methyl sites for hydroxylation is 2. The minimum absolute atomic E-state index is 0.0325. The molecule has 1 N–H and O–H groups in total. The second-order valence-corrected chi connectivity index (χ2v) is 6.11. The first kappa shape index (κ1) is 14.8. The molecular weight excluding hydrogens is 298 g/mol. The molecule has 1 amide bonds. The van der Waals surface area contributed by atoms with Gasteiger partial charge in [-0.1, -0.05) is 11.8 Å². The number of ketones is 1. The van der Waals surface area contributed by atoms with Crippen LogP contribution in [0.5, 0.6) is 0 Å². The van der Waals surface area contributed by atoms with Gasteiger partial charge >= 0.3 is 0 Å². The Hall–Kier alpha value is -2.08. The fourth-order valence-corrected chi connectivity index (χ4v) is 3.19. The van der Waals surface area contributed by atoms with Crippen molar-refractivity contribution in [2.45, 2.75) is 31.5 Å². The third kappa shape index (κ3) is 2.92. The molecule has 1 aliphatic heterocycles. The van der Waals surface area contributed by atoms with Crippen LogP contribution in [-0.4, -0.2) is 27.5 Å². The van der Waals surface area contributed by atoms with Gasteiger partial charge in [-0.05, 0) is 43.4 Å². The van der Waals surface area contributed by atoms with Gasteiger partial charge in [-0.2, -0.15) is 0 Å². The van der Waals surface area contributed by atoms with E-state index in [1.165, 1.54) is 11.8 Å². The molecule has 1 aromatic carbocycles. The van der Waals surface area contributed by atoms with Gasteiger partial charge in [0, 0.05) is 23.9 Å². The van der Waals surface area contributed by atoms with Crippen molar-refractivity contribution in [3.05, 3.63) is 41.2 Å². The standard InChI is InChI=1S/C16H17N3O2S/c1-10-8-19(16(17-10)22-2)9-14(20)12-3-5-13-11(7-12)4-6-15(21)18-13/h3,5,7-8H,4,6,9H2,1-2H3,(H,18,21). The average molecular weight is 315 g/mol. The van der Waals surface area contributed by atoms with E-state index in [1.807, 2.05) is 36.1 Å². The lowest BCUT2D eigenvalue weighted by Crippen LogP contribution is -2.19. The maximum absolute atomic E-state index is 12.5. The van der Waals surface area contributed by atoms with Crippen molar-refractivity contribution in [2.24, 2.45) is 0 Å². The molecule has 1 aromatic heterocycles. The third-order valence-electron chi connectivity index (χ3n) is 3.68. The zero-order valence-electron chi connectivity index (χ0n) is 12.5. The van der Waals surface area contributed by atoms with E-state index in [-0.39, 0.29) is 18.2 Å². The summed E-state index contributed by atoms with van der Waals surface area (Å²) in [7, 11) is 0. The molecule has 0 saturated heterocycles. The first-order valence-corrected chi connectivity index (χ1v) is 8.33. The molecule has 0 fully saturated rings. The topological polar surface area (TPSA) is 64.0 Å². The predicted octanol–water partition coefficient (Wildman–Crippen LogP) is 2.68. The van der Waals surface area contributed by atoms with E-state index >= 15 is 0 Å². The first-order valence-electron chi connectivity index (χ1n) is 7.10. The number of benzene rings is 1. The number of carbonyl (C=O) groups is 2. The molecule has 22 heavy (non-hydrogen) atoms. The van der Waals surface area contributed by atoms with Crippen molar-refractivity contribution in [1.29, 1.82) is 0 Å². The number of aromatic nitrogens is 2. The Bertz CT molecular complexity index is 752. The van der Waals surface area contributed by atoms with E-state index in [0.717, 1.165) is 22.1 Å². The Morgan fingerprint density at radius 2 is 2.23 bits per heavy atom. The van der Waals surface area contributed by atoms with Crippen LogP contribution in [0.1, 0.15) is 28.0 Å². The number of rotatable bonds is 4. The van der Waals surface area contributed by atoms with E-state index in [0.29, 0.717) is 18.4 Å². The Morgan fingerprint density at radius 3 is 3.00 bits per heavy atom. The maximum Gasteiger partial charge on any atom is 0.224 e. The number of anilines is 1. The number of amides is 1. The fraction of sp³-hybridized carbons (Fsp3) is 0.312. The summed E-state index contributed by atoms with van der Waals surface area (Å²) < 4.78 is 1.88. The molecule has 2 heterocycles. The zero-order chi connectivity index (χ0) is 15.7. The van der Waals surface area contributed by atoms with Crippen molar-refractivity contribution < 1.29 is 9.59 Å².